The van der Waals surface area contributed by atoms with E-state index in [9.17, 15) is 9.59 Å². The number of fused-ring (bicyclic) bond motifs is 2. The van der Waals surface area contributed by atoms with E-state index in [4.69, 9.17) is 14.5 Å². The molecule has 0 bridgehead atoms. The second-order valence-corrected chi connectivity index (χ2v) is 9.96. The van der Waals surface area contributed by atoms with Crippen LogP contribution in [0.2, 0.25) is 0 Å². The summed E-state index contributed by atoms with van der Waals surface area (Å²) in [5, 5.41) is 5.28. The van der Waals surface area contributed by atoms with Crippen LogP contribution in [0.3, 0.4) is 0 Å². The van der Waals surface area contributed by atoms with E-state index in [0.717, 1.165) is 16.7 Å². The molecule has 35 heavy (non-hydrogen) atoms. The topological polar surface area (TPSA) is 86.5 Å². The van der Waals surface area contributed by atoms with Gasteiger partial charge in [-0.1, -0.05) is 13.8 Å². The maximum Gasteiger partial charge on any atom is 0.254 e. The molecule has 8 heteroatoms. The van der Waals surface area contributed by atoms with Crippen molar-refractivity contribution in [3.05, 3.63) is 47.3 Å². The Morgan fingerprint density at radius 3 is 2.40 bits per heavy atom. The number of nitrogens with zero attached hydrogens (tertiary/aromatic N) is 4. The van der Waals surface area contributed by atoms with E-state index in [1.807, 2.05) is 15.6 Å². The molecule has 1 saturated heterocycles. The Bertz CT molecular complexity index is 1270. The molecule has 0 N–H and O–H groups in total. The lowest BCUT2D eigenvalue weighted by Crippen LogP contribution is -2.40. The van der Waals surface area contributed by atoms with Crippen LogP contribution < -0.4 is 9.47 Å². The Kier molecular flexibility index (Phi) is 6.21. The Morgan fingerprint density at radius 1 is 1.00 bits per heavy atom. The van der Waals surface area contributed by atoms with Crippen molar-refractivity contribution in [3.63, 3.8) is 0 Å². The molecule has 8 nitrogen and oxygen atoms in total. The van der Waals surface area contributed by atoms with Gasteiger partial charge in [-0.05, 0) is 56.9 Å². The fourth-order valence-electron chi connectivity index (χ4n) is 4.84. The zero-order chi connectivity index (χ0) is 24.7. The Labute approximate surface area is 205 Å². The number of piperidine rings is 1. The lowest BCUT2D eigenvalue weighted by molar-refractivity contribution is 0.0651. The average molecular weight is 477 g/mol. The van der Waals surface area contributed by atoms with Crippen molar-refractivity contribution >= 4 is 22.7 Å². The van der Waals surface area contributed by atoms with Gasteiger partial charge in [-0.15, -0.1) is 0 Å². The van der Waals surface area contributed by atoms with Crippen LogP contribution in [0.15, 0.2) is 30.5 Å². The molecule has 0 radical (unpaired) electrons. The molecular formula is C27H32N4O4. The van der Waals surface area contributed by atoms with Gasteiger partial charge in [0.05, 0.1) is 17.1 Å². The number of ether oxygens (including phenoxy) is 2. The summed E-state index contributed by atoms with van der Waals surface area (Å²) in [6.07, 6.45) is 3.02. The average Bonchev–Trinajstić information content (AvgIpc) is 3.31. The molecular weight excluding hydrogens is 444 g/mol. The van der Waals surface area contributed by atoms with E-state index in [0.29, 0.717) is 61.8 Å². The minimum Gasteiger partial charge on any atom is -0.486 e. The molecule has 2 aromatic heterocycles. The summed E-state index contributed by atoms with van der Waals surface area (Å²) in [6, 6.07) is 7.45. The number of likely N-dealkylation sites (tertiary alicyclic amines) is 1. The summed E-state index contributed by atoms with van der Waals surface area (Å²) in [7, 11) is 0. The number of ketones is 1. The van der Waals surface area contributed by atoms with E-state index in [-0.39, 0.29) is 29.6 Å². The predicted octanol–water partition coefficient (Wildman–Crippen LogP) is 4.64. The summed E-state index contributed by atoms with van der Waals surface area (Å²) < 4.78 is 13.1. The van der Waals surface area contributed by atoms with Gasteiger partial charge in [0, 0.05) is 36.3 Å². The number of hydrogen-bond donors (Lipinski definition) is 0. The van der Waals surface area contributed by atoms with Crippen molar-refractivity contribution < 1.29 is 19.1 Å². The van der Waals surface area contributed by atoms with Crippen LogP contribution in [-0.2, 0) is 0 Å². The van der Waals surface area contributed by atoms with E-state index in [2.05, 4.69) is 32.8 Å². The van der Waals surface area contributed by atoms with Gasteiger partial charge in [0.25, 0.3) is 5.91 Å². The third-order valence-corrected chi connectivity index (χ3v) is 6.88. The van der Waals surface area contributed by atoms with Crippen LogP contribution in [0.1, 0.15) is 78.9 Å². The highest BCUT2D eigenvalue weighted by atomic mass is 16.6. The molecule has 0 unspecified atom stereocenters. The summed E-state index contributed by atoms with van der Waals surface area (Å²) >= 11 is 0. The zero-order valence-electron chi connectivity index (χ0n) is 20.8. The number of aromatic nitrogens is 3. The first-order valence-corrected chi connectivity index (χ1v) is 12.4. The Morgan fingerprint density at radius 2 is 1.71 bits per heavy atom. The minimum absolute atomic E-state index is 0.0205. The Hall–Kier alpha value is -3.42. The summed E-state index contributed by atoms with van der Waals surface area (Å²) in [5.41, 5.74) is 2.91. The third kappa shape index (κ3) is 4.37. The van der Waals surface area contributed by atoms with E-state index >= 15 is 0 Å². The van der Waals surface area contributed by atoms with Crippen LogP contribution in [0.5, 0.6) is 11.5 Å². The highest BCUT2D eigenvalue weighted by Crippen LogP contribution is 2.33. The van der Waals surface area contributed by atoms with Gasteiger partial charge in [-0.2, -0.15) is 5.10 Å². The fraction of sp³-hybridized carbons (Fsp3) is 0.481. The Balaban J connectivity index is 1.33. The van der Waals surface area contributed by atoms with Crippen LogP contribution >= 0.6 is 0 Å². The van der Waals surface area contributed by atoms with E-state index < -0.39 is 0 Å². The summed E-state index contributed by atoms with van der Waals surface area (Å²) in [6.45, 7) is 10.4. The van der Waals surface area contributed by atoms with E-state index in [1.54, 1.807) is 24.4 Å². The number of hydrogen-bond acceptors (Lipinski definition) is 6. The molecule has 1 amide bonds. The highest BCUT2D eigenvalue weighted by Gasteiger charge is 2.30. The number of benzene rings is 1. The predicted molar refractivity (Wildman–Crippen MR) is 132 cm³/mol. The van der Waals surface area contributed by atoms with Gasteiger partial charge < -0.3 is 14.4 Å². The number of pyridine rings is 1. The molecule has 0 aliphatic carbocycles. The van der Waals surface area contributed by atoms with Crippen molar-refractivity contribution in [2.45, 2.75) is 52.5 Å². The first-order chi connectivity index (χ1) is 16.8. The molecule has 0 saturated carbocycles. The van der Waals surface area contributed by atoms with Gasteiger partial charge in [0.15, 0.2) is 22.9 Å². The second kappa shape index (κ2) is 9.32. The van der Waals surface area contributed by atoms with Crippen molar-refractivity contribution in [2.24, 2.45) is 5.92 Å². The zero-order valence-corrected chi connectivity index (χ0v) is 20.8. The van der Waals surface area contributed by atoms with Crippen LogP contribution in [0.4, 0.5) is 0 Å². The largest absolute Gasteiger partial charge is 0.486 e. The lowest BCUT2D eigenvalue weighted by atomic mass is 9.88. The standard InChI is InChI=1S/C27H32N4O4/c1-16(2)22-14-20(21-15-28-31(17(3)4)26(21)29-22)27(33)30-9-7-18(8-10-30)25(32)19-5-6-23-24(13-19)35-12-11-34-23/h5-6,13-18H,7-12H2,1-4H3. The van der Waals surface area contributed by atoms with Crippen LogP contribution in [0.25, 0.3) is 11.0 Å². The smallest absolute Gasteiger partial charge is 0.254 e. The van der Waals surface area contributed by atoms with E-state index in [1.165, 1.54) is 0 Å². The summed E-state index contributed by atoms with van der Waals surface area (Å²) in [4.78, 5) is 33.5. The molecule has 5 rings (SSSR count). The van der Waals surface area contributed by atoms with Crippen molar-refractivity contribution in [1.29, 1.82) is 0 Å². The maximum atomic E-state index is 13.6. The SMILES string of the molecule is CC(C)c1cc(C(=O)N2CCC(C(=O)c3ccc4c(c3)OCCO4)CC2)c2cnn(C(C)C)c2n1. The van der Waals surface area contributed by atoms with Crippen LogP contribution in [0, 0.1) is 5.92 Å². The number of amides is 1. The molecule has 2 aliphatic rings. The summed E-state index contributed by atoms with van der Waals surface area (Å²) in [5.74, 6) is 1.45. The van der Waals surface area contributed by atoms with Crippen molar-refractivity contribution in [1.82, 2.24) is 19.7 Å². The molecule has 1 fully saturated rings. The lowest BCUT2D eigenvalue weighted by Gasteiger charge is -2.32. The first kappa shape index (κ1) is 23.3. The normalized spacial score (nSPS) is 16.3. The number of Topliss-reactive ketones (excluding diaryl/α,β-unsaturated/α-hetero) is 1. The maximum absolute atomic E-state index is 13.6. The monoisotopic (exact) mass is 476 g/mol. The third-order valence-electron chi connectivity index (χ3n) is 6.88. The van der Waals surface area contributed by atoms with Gasteiger partial charge in [-0.25, -0.2) is 9.67 Å². The quantitative estimate of drug-likeness (QED) is 0.499. The molecule has 0 atom stereocenters. The molecule has 1 aromatic carbocycles. The highest BCUT2D eigenvalue weighted by molar-refractivity contribution is 6.06. The fourth-order valence-corrected chi connectivity index (χ4v) is 4.84. The second-order valence-electron chi connectivity index (χ2n) is 9.96. The van der Waals surface area contributed by atoms with Crippen LogP contribution in [-0.4, -0.2) is 57.7 Å². The molecule has 0 spiro atoms. The molecule has 4 heterocycles. The number of carbonyl (C=O) groups is 2. The van der Waals surface area contributed by atoms with Gasteiger partial charge in [0.2, 0.25) is 0 Å². The van der Waals surface area contributed by atoms with Crippen molar-refractivity contribution in [3.8, 4) is 11.5 Å². The molecule has 2 aliphatic heterocycles. The van der Waals surface area contributed by atoms with Gasteiger partial charge in [0.1, 0.15) is 13.2 Å². The number of rotatable bonds is 5. The number of carbonyl (C=O) groups excluding carboxylic acids is 2. The van der Waals surface area contributed by atoms with Gasteiger partial charge in [-0.3, -0.25) is 9.59 Å². The first-order valence-electron chi connectivity index (χ1n) is 12.4. The molecule has 3 aromatic rings. The minimum atomic E-state index is -0.117. The molecule has 184 valence electrons. The van der Waals surface area contributed by atoms with Crippen molar-refractivity contribution in [2.75, 3.05) is 26.3 Å². The van der Waals surface area contributed by atoms with Gasteiger partial charge >= 0.3 is 0 Å².